The second kappa shape index (κ2) is 8.42. The van der Waals surface area contributed by atoms with Gasteiger partial charge in [0.2, 0.25) is 5.91 Å². The molecule has 1 aliphatic heterocycles. The molecule has 0 aliphatic carbocycles. The number of nitro groups is 1. The molecule has 0 aromatic heterocycles. The number of hydrogen-bond donors (Lipinski definition) is 0. The third-order valence-electron chi connectivity index (χ3n) is 4.24. The predicted octanol–water partition coefficient (Wildman–Crippen LogP) is 3.69. The molecule has 1 heterocycles. The minimum atomic E-state index is -0.421. The van der Waals surface area contributed by atoms with Gasteiger partial charge in [0.25, 0.3) is 5.69 Å². The monoisotopic (exact) mass is 391 g/mol. The Morgan fingerprint density at radius 2 is 1.73 bits per heavy atom. The van der Waals surface area contributed by atoms with E-state index in [0.717, 1.165) is 5.69 Å². The van der Waals surface area contributed by atoms with Crippen LogP contribution < -0.4 is 4.90 Å². The molecule has 0 radical (unpaired) electrons. The maximum atomic E-state index is 12.5. The Hall–Kier alpha value is -2.25. The van der Waals surface area contributed by atoms with Crippen LogP contribution in [0.5, 0.6) is 0 Å². The van der Waals surface area contributed by atoms with E-state index in [0.29, 0.717) is 36.1 Å². The van der Waals surface area contributed by atoms with Crippen LogP contribution in [0.1, 0.15) is 0 Å². The van der Waals surface area contributed by atoms with E-state index in [-0.39, 0.29) is 17.3 Å². The SMILES string of the molecule is O=C(CSc1ccccc1[N+](=O)[O-])N1CCN(c2ccccc2Cl)CC1. The van der Waals surface area contributed by atoms with E-state index in [1.54, 1.807) is 23.1 Å². The number of anilines is 1. The summed E-state index contributed by atoms with van der Waals surface area (Å²) < 4.78 is 0. The lowest BCUT2D eigenvalue weighted by atomic mass is 10.2. The Balaban J connectivity index is 1.55. The molecule has 1 aliphatic rings. The third kappa shape index (κ3) is 4.28. The molecule has 8 heteroatoms. The maximum absolute atomic E-state index is 12.5. The van der Waals surface area contributed by atoms with Crippen LogP contribution in [0, 0.1) is 10.1 Å². The number of carbonyl (C=O) groups is 1. The Bertz CT molecular complexity index is 810. The van der Waals surface area contributed by atoms with Crippen LogP contribution in [0.25, 0.3) is 0 Å². The number of thioether (sulfide) groups is 1. The number of amides is 1. The highest BCUT2D eigenvalue weighted by atomic mass is 35.5. The van der Waals surface area contributed by atoms with Gasteiger partial charge in [-0.05, 0) is 18.2 Å². The highest BCUT2D eigenvalue weighted by molar-refractivity contribution is 8.00. The molecule has 0 N–H and O–H groups in total. The Morgan fingerprint density at radius 3 is 2.42 bits per heavy atom. The fourth-order valence-corrected chi connectivity index (χ4v) is 4.05. The van der Waals surface area contributed by atoms with Crippen molar-refractivity contribution in [2.24, 2.45) is 0 Å². The van der Waals surface area contributed by atoms with Crippen molar-refractivity contribution in [3.63, 3.8) is 0 Å². The number of halogens is 1. The Labute approximate surface area is 160 Å². The summed E-state index contributed by atoms with van der Waals surface area (Å²) in [4.78, 5) is 27.6. The molecule has 136 valence electrons. The first-order chi connectivity index (χ1) is 12.6. The van der Waals surface area contributed by atoms with Crippen LogP contribution in [0.3, 0.4) is 0 Å². The molecule has 1 amide bonds. The summed E-state index contributed by atoms with van der Waals surface area (Å²) in [6.07, 6.45) is 0. The molecule has 26 heavy (non-hydrogen) atoms. The molecular formula is C18H18ClN3O3S. The predicted molar refractivity (Wildman–Crippen MR) is 104 cm³/mol. The summed E-state index contributed by atoms with van der Waals surface area (Å²) in [5.41, 5.74) is 1.02. The van der Waals surface area contributed by atoms with Crippen molar-refractivity contribution in [2.45, 2.75) is 4.90 Å². The zero-order chi connectivity index (χ0) is 18.5. The molecular weight excluding hydrogens is 374 g/mol. The van der Waals surface area contributed by atoms with E-state index in [1.807, 2.05) is 24.3 Å². The molecule has 2 aromatic rings. The number of piperazine rings is 1. The highest BCUT2D eigenvalue weighted by Gasteiger charge is 2.23. The van der Waals surface area contributed by atoms with Gasteiger partial charge in [-0.3, -0.25) is 14.9 Å². The van der Waals surface area contributed by atoms with Crippen LogP contribution in [0.4, 0.5) is 11.4 Å². The van der Waals surface area contributed by atoms with Crippen molar-refractivity contribution < 1.29 is 9.72 Å². The zero-order valence-corrected chi connectivity index (χ0v) is 15.6. The fourth-order valence-electron chi connectivity index (χ4n) is 2.87. The van der Waals surface area contributed by atoms with E-state index < -0.39 is 4.92 Å². The lowest BCUT2D eigenvalue weighted by Crippen LogP contribution is -2.49. The van der Waals surface area contributed by atoms with Gasteiger partial charge in [-0.15, -0.1) is 11.8 Å². The number of hydrogen-bond acceptors (Lipinski definition) is 5. The average Bonchev–Trinajstić information content (AvgIpc) is 2.67. The minimum Gasteiger partial charge on any atom is -0.367 e. The number of para-hydroxylation sites is 2. The largest absolute Gasteiger partial charge is 0.367 e. The van der Waals surface area contributed by atoms with E-state index in [2.05, 4.69) is 4.90 Å². The zero-order valence-electron chi connectivity index (χ0n) is 14.0. The van der Waals surface area contributed by atoms with Crippen LogP contribution in [0.2, 0.25) is 5.02 Å². The van der Waals surface area contributed by atoms with Gasteiger partial charge in [0, 0.05) is 32.2 Å². The number of nitrogens with zero attached hydrogens (tertiary/aromatic N) is 3. The lowest BCUT2D eigenvalue weighted by Gasteiger charge is -2.36. The molecule has 2 aromatic carbocycles. The van der Waals surface area contributed by atoms with Crippen molar-refractivity contribution in [1.82, 2.24) is 4.90 Å². The van der Waals surface area contributed by atoms with Gasteiger partial charge in [-0.2, -0.15) is 0 Å². The summed E-state index contributed by atoms with van der Waals surface area (Å²) in [5.74, 6) is 0.184. The fraction of sp³-hybridized carbons (Fsp3) is 0.278. The third-order valence-corrected chi connectivity index (χ3v) is 5.61. The van der Waals surface area contributed by atoms with E-state index in [9.17, 15) is 14.9 Å². The van der Waals surface area contributed by atoms with E-state index >= 15 is 0 Å². The summed E-state index contributed by atoms with van der Waals surface area (Å²) >= 11 is 7.44. The molecule has 3 rings (SSSR count). The van der Waals surface area contributed by atoms with Crippen LogP contribution >= 0.6 is 23.4 Å². The number of benzene rings is 2. The number of nitro benzene ring substituents is 1. The van der Waals surface area contributed by atoms with Crippen LogP contribution in [0.15, 0.2) is 53.4 Å². The van der Waals surface area contributed by atoms with Gasteiger partial charge >= 0.3 is 0 Å². The lowest BCUT2D eigenvalue weighted by molar-refractivity contribution is -0.387. The van der Waals surface area contributed by atoms with Crippen molar-refractivity contribution in [1.29, 1.82) is 0 Å². The number of rotatable bonds is 5. The van der Waals surface area contributed by atoms with Gasteiger partial charge in [-0.1, -0.05) is 35.9 Å². The molecule has 1 saturated heterocycles. The Morgan fingerprint density at radius 1 is 1.08 bits per heavy atom. The summed E-state index contributed by atoms with van der Waals surface area (Å²) in [5, 5.41) is 11.8. The number of carbonyl (C=O) groups excluding carboxylic acids is 1. The molecule has 0 bridgehead atoms. The van der Waals surface area contributed by atoms with Gasteiger partial charge in [0.1, 0.15) is 0 Å². The highest BCUT2D eigenvalue weighted by Crippen LogP contribution is 2.29. The summed E-state index contributed by atoms with van der Waals surface area (Å²) in [7, 11) is 0. The molecule has 1 fully saturated rings. The molecule has 0 spiro atoms. The second-order valence-corrected chi connectivity index (χ2v) is 7.26. The maximum Gasteiger partial charge on any atom is 0.282 e. The topological polar surface area (TPSA) is 66.7 Å². The smallest absolute Gasteiger partial charge is 0.282 e. The molecule has 0 saturated carbocycles. The van der Waals surface area contributed by atoms with Crippen molar-refractivity contribution in [3.8, 4) is 0 Å². The van der Waals surface area contributed by atoms with Crippen LogP contribution in [-0.4, -0.2) is 47.7 Å². The average molecular weight is 392 g/mol. The molecule has 0 atom stereocenters. The standard InChI is InChI=1S/C18H18ClN3O3S/c19-14-5-1-2-6-15(14)20-9-11-21(12-10-20)18(23)13-26-17-8-4-3-7-16(17)22(24)25/h1-8H,9-13H2. The quantitative estimate of drug-likeness (QED) is 0.441. The van der Waals surface area contributed by atoms with Crippen molar-refractivity contribution in [3.05, 3.63) is 63.7 Å². The van der Waals surface area contributed by atoms with Gasteiger partial charge in [0.15, 0.2) is 0 Å². The Kier molecular flexibility index (Phi) is 6.00. The van der Waals surface area contributed by atoms with Crippen LogP contribution in [-0.2, 0) is 4.79 Å². The van der Waals surface area contributed by atoms with Crippen molar-refractivity contribution >= 4 is 40.6 Å². The van der Waals surface area contributed by atoms with Gasteiger partial charge < -0.3 is 9.80 Å². The van der Waals surface area contributed by atoms with Gasteiger partial charge in [0.05, 0.1) is 26.3 Å². The first-order valence-electron chi connectivity index (χ1n) is 8.20. The first-order valence-corrected chi connectivity index (χ1v) is 9.56. The first kappa shape index (κ1) is 18.5. The summed E-state index contributed by atoms with van der Waals surface area (Å²) in [6.45, 7) is 2.65. The van der Waals surface area contributed by atoms with E-state index in [1.165, 1.54) is 17.8 Å². The molecule has 6 nitrogen and oxygen atoms in total. The second-order valence-electron chi connectivity index (χ2n) is 5.83. The minimum absolute atomic E-state index is 0.00744. The summed E-state index contributed by atoms with van der Waals surface area (Å²) in [6, 6.07) is 14.2. The van der Waals surface area contributed by atoms with Gasteiger partial charge in [-0.25, -0.2) is 0 Å². The van der Waals surface area contributed by atoms with E-state index in [4.69, 9.17) is 11.6 Å². The molecule has 0 unspecified atom stereocenters. The normalized spacial score (nSPS) is 14.3. The van der Waals surface area contributed by atoms with Crippen molar-refractivity contribution in [2.75, 3.05) is 36.8 Å².